The maximum Gasteiger partial charge on any atom is 0.294 e. The van der Waals surface area contributed by atoms with Gasteiger partial charge in [-0.15, -0.1) is 0 Å². The summed E-state index contributed by atoms with van der Waals surface area (Å²) < 4.78 is 0. The van der Waals surface area contributed by atoms with Crippen LogP contribution in [0.25, 0.3) is 33.5 Å². The number of nitrogens with one attached hydrogen (secondary N) is 3. The highest BCUT2D eigenvalue weighted by Gasteiger charge is 2.31. The van der Waals surface area contributed by atoms with Crippen molar-refractivity contribution in [2.24, 2.45) is 5.92 Å². The van der Waals surface area contributed by atoms with Gasteiger partial charge in [0, 0.05) is 29.7 Å². The Balaban J connectivity index is 1.36. The normalized spacial score (nSPS) is 20.0. The average Bonchev–Trinajstić information content (AvgIpc) is 3.48. The molecule has 2 fully saturated rings. The minimum Gasteiger partial charge on any atom is -0.368 e. The topological polar surface area (TPSA) is 116 Å². The summed E-state index contributed by atoms with van der Waals surface area (Å²) in [5, 5.41) is 22.7. The van der Waals surface area contributed by atoms with E-state index < -0.39 is 4.92 Å². The summed E-state index contributed by atoms with van der Waals surface area (Å²) in [5.74, 6) is 1.35. The highest BCUT2D eigenvalue weighted by molar-refractivity contribution is 5.97. The molecular formula is C24H27N7O2. The molecule has 0 spiro atoms. The fraction of sp³-hybridized carbons (Fsp3) is 0.417. The zero-order valence-corrected chi connectivity index (χ0v) is 18.4. The van der Waals surface area contributed by atoms with E-state index in [9.17, 15) is 10.1 Å². The number of non-ortho nitro benzene ring substituents is 1. The molecule has 0 saturated carbocycles. The number of para-hydroxylation sites is 1. The number of hydrogen-bond donors (Lipinski definition) is 3. The molecule has 2 aromatic carbocycles. The minimum atomic E-state index is -0.396. The van der Waals surface area contributed by atoms with Gasteiger partial charge in [-0.1, -0.05) is 6.07 Å². The number of H-pyrrole nitrogens is 2. The number of fused-ring (bicyclic) bond motifs is 2. The average molecular weight is 446 g/mol. The molecule has 1 unspecified atom stereocenters. The Morgan fingerprint density at radius 3 is 2.82 bits per heavy atom. The van der Waals surface area contributed by atoms with Crippen LogP contribution in [-0.2, 0) is 0 Å². The quantitative estimate of drug-likeness (QED) is 0.317. The Kier molecular flexibility index (Phi) is 4.98. The molecule has 0 aliphatic carbocycles. The lowest BCUT2D eigenvalue weighted by Crippen LogP contribution is -2.47. The number of aromatic amines is 2. The number of nitro groups is 1. The van der Waals surface area contributed by atoms with Crippen molar-refractivity contribution < 1.29 is 4.92 Å². The molecule has 170 valence electrons. The van der Waals surface area contributed by atoms with E-state index in [1.165, 1.54) is 43.9 Å². The molecule has 3 N–H and O–H groups in total. The molecule has 1 atom stereocenters. The lowest BCUT2D eigenvalue weighted by Gasteiger charge is -2.43. The number of aromatic nitrogens is 4. The molecule has 0 radical (unpaired) electrons. The molecule has 33 heavy (non-hydrogen) atoms. The fourth-order valence-corrected chi connectivity index (χ4v) is 5.64. The van der Waals surface area contributed by atoms with Crippen molar-refractivity contribution in [3.8, 4) is 11.5 Å². The van der Waals surface area contributed by atoms with Gasteiger partial charge in [0.25, 0.3) is 5.69 Å². The molecule has 2 aromatic heterocycles. The van der Waals surface area contributed by atoms with E-state index in [2.05, 4.69) is 43.6 Å². The number of anilines is 1. The van der Waals surface area contributed by atoms with E-state index in [1.54, 1.807) is 6.07 Å². The fourth-order valence-electron chi connectivity index (χ4n) is 5.64. The number of imidazole rings is 1. The number of benzene rings is 2. The Hall–Kier alpha value is -3.46. The first-order chi connectivity index (χ1) is 16.2. The number of hydrogen-bond acceptors (Lipinski definition) is 6. The smallest absolute Gasteiger partial charge is 0.294 e. The Bertz CT molecular complexity index is 1320. The Morgan fingerprint density at radius 2 is 1.97 bits per heavy atom. The lowest BCUT2D eigenvalue weighted by atomic mass is 9.84. The first-order valence-electron chi connectivity index (χ1n) is 11.8. The maximum atomic E-state index is 11.4. The summed E-state index contributed by atoms with van der Waals surface area (Å²) in [6.45, 7) is 3.32. The van der Waals surface area contributed by atoms with Crippen LogP contribution in [0.15, 0.2) is 36.4 Å². The number of rotatable bonds is 4. The van der Waals surface area contributed by atoms with Gasteiger partial charge >= 0.3 is 0 Å². The Morgan fingerprint density at radius 1 is 1.09 bits per heavy atom. The second-order valence-electron chi connectivity index (χ2n) is 9.16. The third-order valence-electron chi connectivity index (χ3n) is 7.27. The number of piperidine rings is 2. The summed E-state index contributed by atoms with van der Waals surface area (Å²) in [6.07, 6.45) is 6.27. The predicted molar refractivity (Wildman–Crippen MR) is 128 cm³/mol. The van der Waals surface area contributed by atoms with Gasteiger partial charge < -0.3 is 15.2 Å². The molecule has 9 nitrogen and oxygen atoms in total. The van der Waals surface area contributed by atoms with Gasteiger partial charge in [0.2, 0.25) is 0 Å². The van der Waals surface area contributed by atoms with Crippen LogP contribution in [-0.4, -0.2) is 50.8 Å². The van der Waals surface area contributed by atoms with Crippen LogP contribution in [0.2, 0.25) is 0 Å². The van der Waals surface area contributed by atoms with E-state index in [0.29, 0.717) is 28.5 Å². The van der Waals surface area contributed by atoms with Crippen molar-refractivity contribution in [1.82, 2.24) is 25.5 Å². The van der Waals surface area contributed by atoms with Crippen LogP contribution in [0.5, 0.6) is 0 Å². The number of nitrogens with zero attached hydrogens (tertiary/aromatic N) is 4. The first-order valence-corrected chi connectivity index (χ1v) is 11.8. The van der Waals surface area contributed by atoms with E-state index in [-0.39, 0.29) is 5.69 Å². The lowest BCUT2D eigenvalue weighted by molar-refractivity contribution is -0.383. The largest absolute Gasteiger partial charge is 0.368 e. The third kappa shape index (κ3) is 3.52. The zero-order valence-electron chi connectivity index (χ0n) is 18.4. The molecular weight excluding hydrogens is 418 g/mol. The number of nitro benzene ring substituents is 1. The SMILES string of the molecule is O=[N+]([O-])c1cccc2c(-c3nc4cc(N5CCCCC5C5CCNCC5)ccc4[nH]3)n[nH]c12. The minimum absolute atomic E-state index is 0.0127. The van der Waals surface area contributed by atoms with Crippen molar-refractivity contribution in [2.75, 3.05) is 24.5 Å². The van der Waals surface area contributed by atoms with E-state index >= 15 is 0 Å². The van der Waals surface area contributed by atoms with E-state index in [0.717, 1.165) is 36.6 Å². The van der Waals surface area contributed by atoms with Crippen LogP contribution in [0.3, 0.4) is 0 Å². The van der Waals surface area contributed by atoms with Crippen LogP contribution < -0.4 is 10.2 Å². The van der Waals surface area contributed by atoms with Crippen molar-refractivity contribution in [3.63, 3.8) is 0 Å². The molecule has 0 amide bonds. The van der Waals surface area contributed by atoms with Gasteiger partial charge in [0.15, 0.2) is 5.82 Å². The van der Waals surface area contributed by atoms with E-state index in [4.69, 9.17) is 4.98 Å². The van der Waals surface area contributed by atoms with Gasteiger partial charge in [-0.05, 0) is 75.4 Å². The summed E-state index contributed by atoms with van der Waals surface area (Å²) in [7, 11) is 0. The van der Waals surface area contributed by atoms with Crippen LogP contribution >= 0.6 is 0 Å². The molecule has 9 heteroatoms. The Labute approximate surface area is 190 Å². The first kappa shape index (κ1) is 20.2. The van der Waals surface area contributed by atoms with Crippen molar-refractivity contribution in [3.05, 3.63) is 46.5 Å². The molecule has 2 saturated heterocycles. The second kappa shape index (κ2) is 8.15. The van der Waals surface area contributed by atoms with Gasteiger partial charge in [-0.2, -0.15) is 5.10 Å². The monoisotopic (exact) mass is 445 g/mol. The molecule has 4 heterocycles. The standard InChI is InChI=1S/C24H27N7O2/c32-31(33)21-6-3-4-17-22(21)28-29-23(17)24-26-18-8-7-16(14-19(18)27-24)30-13-2-1-5-20(30)15-9-11-25-12-10-15/h3-4,6-8,14-15,20,25H,1-2,5,9-13H2,(H,26,27)(H,28,29). The van der Waals surface area contributed by atoms with Gasteiger partial charge in [-0.3, -0.25) is 15.2 Å². The van der Waals surface area contributed by atoms with E-state index in [1.807, 2.05) is 6.07 Å². The highest BCUT2D eigenvalue weighted by atomic mass is 16.6. The van der Waals surface area contributed by atoms with Crippen molar-refractivity contribution >= 4 is 33.3 Å². The predicted octanol–water partition coefficient (Wildman–Crippen LogP) is 4.37. The molecule has 0 bridgehead atoms. The van der Waals surface area contributed by atoms with Gasteiger partial charge in [0.1, 0.15) is 11.2 Å². The van der Waals surface area contributed by atoms with Crippen LogP contribution in [0.1, 0.15) is 32.1 Å². The second-order valence-corrected chi connectivity index (χ2v) is 9.16. The molecule has 6 rings (SSSR count). The molecule has 2 aliphatic rings. The third-order valence-corrected chi connectivity index (χ3v) is 7.27. The van der Waals surface area contributed by atoms with Gasteiger partial charge in [-0.25, -0.2) is 4.98 Å². The maximum absolute atomic E-state index is 11.4. The summed E-state index contributed by atoms with van der Waals surface area (Å²) in [4.78, 5) is 21.7. The summed E-state index contributed by atoms with van der Waals surface area (Å²) in [6, 6.07) is 12.0. The van der Waals surface area contributed by atoms with Crippen LogP contribution in [0, 0.1) is 16.0 Å². The highest BCUT2D eigenvalue weighted by Crippen LogP contribution is 2.35. The molecule has 2 aliphatic heterocycles. The van der Waals surface area contributed by atoms with Crippen molar-refractivity contribution in [1.29, 1.82) is 0 Å². The van der Waals surface area contributed by atoms with Crippen LogP contribution in [0.4, 0.5) is 11.4 Å². The molecule has 4 aromatic rings. The van der Waals surface area contributed by atoms with Gasteiger partial charge in [0.05, 0.1) is 16.0 Å². The summed E-state index contributed by atoms with van der Waals surface area (Å²) >= 11 is 0. The summed E-state index contributed by atoms with van der Waals surface area (Å²) in [5.41, 5.74) is 4.07. The van der Waals surface area contributed by atoms with Crippen molar-refractivity contribution in [2.45, 2.75) is 38.1 Å². The zero-order chi connectivity index (χ0) is 22.4.